The number of carbonyl (C=O) groups is 2. The Morgan fingerprint density at radius 3 is 2.61 bits per heavy atom. The number of para-hydroxylation sites is 1. The molecule has 0 saturated carbocycles. The van der Waals surface area contributed by atoms with Crippen LogP contribution in [-0.4, -0.2) is 28.2 Å². The number of hydrogen-bond acceptors (Lipinski definition) is 5. The lowest BCUT2D eigenvalue weighted by molar-refractivity contribution is -0.119. The minimum Gasteiger partial charge on any atom is -0.326 e. The second kappa shape index (κ2) is 10.7. The van der Waals surface area contributed by atoms with Crippen molar-refractivity contribution in [1.82, 2.24) is 15.5 Å². The van der Waals surface area contributed by atoms with Gasteiger partial charge in [-0.1, -0.05) is 67.5 Å². The molecule has 1 aromatic heterocycles. The average Bonchev–Trinajstić information content (AvgIpc) is 3.21. The van der Waals surface area contributed by atoms with Crippen molar-refractivity contribution in [3.63, 3.8) is 0 Å². The molecule has 2 atom stereocenters. The highest BCUT2D eigenvalue weighted by Gasteiger charge is 2.27. The van der Waals surface area contributed by atoms with Crippen LogP contribution in [0.15, 0.2) is 53.0 Å². The van der Waals surface area contributed by atoms with E-state index in [1.54, 1.807) is 18.2 Å². The molecule has 7 nitrogen and oxygen atoms in total. The van der Waals surface area contributed by atoms with Crippen molar-refractivity contribution >= 4 is 61.6 Å². The van der Waals surface area contributed by atoms with Crippen LogP contribution in [0.2, 0.25) is 5.02 Å². The second-order valence-corrected chi connectivity index (χ2v) is 9.12. The third-order valence-corrected chi connectivity index (χ3v) is 6.45. The molecule has 0 fully saturated rings. The predicted molar refractivity (Wildman–Crippen MR) is 129 cm³/mol. The quantitative estimate of drug-likeness (QED) is 0.366. The van der Waals surface area contributed by atoms with E-state index in [-0.39, 0.29) is 11.8 Å². The molecule has 3 aromatic rings. The first kappa shape index (κ1) is 23.2. The molecular weight excluding hydrogens is 502 g/mol. The Balaban J connectivity index is 1.69. The Kier molecular flexibility index (Phi) is 8.00. The van der Waals surface area contributed by atoms with E-state index in [0.29, 0.717) is 27.3 Å². The molecule has 0 aliphatic rings. The van der Waals surface area contributed by atoms with Gasteiger partial charge in [-0.05, 0) is 46.1 Å². The molecule has 0 spiro atoms. The number of urea groups is 1. The van der Waals surface area contributed by atoms with Gasteiger partial charge in [0.1, 0.15) is 11.0 Å². The first-order valence-corrected chi connectivity index (χ1v) is 11.6. The van der Waals surface area contributed by atoms with Crippen LogP contribution in [0.1, 0.15) is 20.3 Å². The van der Waals surface area contributed by atoms with Gasteiger partial charge in [-0.2, -0.15) is 0 Å². The lowest BCUT2D eigenvalue weighted by Gasteiger charge is -2.23. The number of hydrogen-bond donors (Lipinski definition) is 3. The molecule has 0 aliphatic heterocycles. The zero-order chi connectivity index (χ0) is 22.4. The van der Waals surface area contributed by atoms with E-state index in [1.165, 1.54) is 11.3 Å². The maximum Gasteiger partial charge on any atom is 0.319 e. The maximum absolute atomic E-state index is 12.9. The molecule has 31 heavy (non-hydrogen) atoms. The van der Waals surface area contributed by atoms with Crippen molar-refractivity contribution in [2.24, 2.45) is 5.92 Å². The Hall–Kier alpha value is -2.49. The molecule has 0 bridgehead atoms. The lowest BCUT2D eigenvalue weighted by atomic mass is 9.98. The highest BCUT2D eigenvalue weighted by molar-refractivity contribution is 9.10. The molecule has 3 amide bonds. The van der Waals surface area contributed by atoms with E-state index in [4.69, 9.17) is 11.6 Å². The number of halogens is 2. The number of aromatic nitrogens is 2. The van der Waals surface area contributed by atoms with Crippen molar-refractivity contribution < 1.29 is 9.59 Å². The van der Waals surface area contributed by atoms with Gasteiger partial charge in [0.2, 0.25) is 11.0 Å². The Morgan fingerprint density at radius 1 is 1.13 bits per heavy atom. The minimum absolute atomic E-state index is 0.0923. The average molecular weight is 523 g/mol. The van der Waals surface area contributed by atoms with E-state index >= 15 is 0 Å². The monoisotopic (exact) mass is 521 g/mol. The van der Waals surface area contributed by atoms with Gasteiger partial charge >= 0.3 is 6.03 Å². The normalized spacial score (nSPS) is 12.6. The van der Waals surface area contributed by atoms with Crippen LogP contribution in [0.5, 0.6) is 0 Å². The number of carbonyl (C=O) groups excluding carboxylic acids is 2. The summed E-state index contributed by atoms with van der Waals surface area (Å²) in [7, 11) is 0. The highest BCUT2D eigenvalue weighted by atomic mass is 79.9. The summed E-state index contributed by atoms with van der Waals surface area (Å²) in [4.78, 5) is 25.4. The molecule has 1 heterocycles. The summed E-state index contributed by atoms with van der Waals surface area (Å²) in [5.41, 5.74) is 1.42. The second-order valence-electron chi connectivity index (χ2n) is 6.85. The summed E-state index contributed by atoms with van der Waals surface area (Å²) in [6, 6.07) is 13.3. The number of rotatable bonds is 7. The van der Waals surface area contributed by atoms with Crippen LogP contribution in [0.3, 0.4) is 0 Å². The van der Waals surface area contributed by atoms with Crippen molar-refractivity contribution in [3.8, 4) is 10.6 Å². The van der Waals surface area contributed by atoms with Gasteiger partial charge in [-0.25, -0.2) is 4.79 Å². The minimum atomic E-state index is -0.744. The first-order chi connectivity index (χ1) is 14.9. The molecule has 0 radical (unpaired) electrons. The molecule has 2 aromatic carbocycles. The third kappa shape index (κ3) is 6.25. The SMILES string of the molecule is CC[C@@H](C)[C@@H](NC(=O)Nc1ccccc1Br)C(=O)Nc1nnc(-c2cccc(Cl)c2)s1. The first-order valence-electron chi connectivity index (χ1n) is 9.59. The molecule has 3 rings (SSSR count). The Morgan fingerprint density at radius 2 is 1.90 bits per heavy atom. The fourth-order valence-electron chi connectivity index (χ4n) is 2.76. The number of anilines is 2. The molecule has 162 valence electrons. The summed E-state index contributed by atoms with van der Waals surface area (Å²) < 4.78 is 0.747. The lowest BCUT2D eigenvalue weighted by Crippen LogP contribution is -2.49. The van der Waals surface area contributed by atoms with Crippen molar-refractivity contribution in [2.75, 3.05) is 10.6 Å². The van der Waals surface area contributed by atoms with Crippen LogP contribution in [0, 0.1) is 5.92 Å². The molecule has 0 aliphatic carbocycles. The number of nitrogens with one attached hydrogen (secondary N) is 3. The summed E-state index contributed by atoms with van der Waals surface area (Å²) in [5, 5.41) is 18.0. The molecule has 3 N–H and O–H groups in total. The maximum atomic E-state index is 12.9. The van der Waals surface area contributed by atoms with Crippen LogP contribution < -0.4 is 16.0 Å². The highest BCUT2D eigenvalue weighted by Crippen LogP contribution is 2.28. The van der Waals surface area contributed by atoms with Crippen molar-refractivity contribution in [3.05, 3.63) is 58.0 Å². The standard InChI is InChI=1S/C21H21BrClN5O2S/c1-3-12(2)17(25-20(30)24-16-10-5-4-9-15(16)22)18(29)26-21-28-27-19(31-21)13-7-6-8-14(23)11-13/h4-12,17H,3H2,1-2H3,(H2,24,25,30)(H,26,28,29)/t12-,17-/m1/s1. The van der Waals surface area contributed by atoms with E-state index in [9.17, 15) is 9.59 Å². The summed E-state index contributed by atoms with van der Waals surface area (Å²) in [5.74, 6) is -0.448. The number of nitrogens with zero attached hydrogens (tertiary/aromatic N) is 2. The van der Waals surface area contributed by atoms with Crippen LogP contribution in [0.4, 0.5) is 15.6 Å². The smallest absolute Gasteiger partial charge is 0.319 e. The summed E-state index contributed by atoms with van der Waals surface area (Å²) >= 11 is 10.7. The number of benzene rings is 2. The van der Waals surface area contributed by atoms with Gasteiger partial charge in [0.05, 0.1) is 5.69 Å². The van der Waals surface area contributed by atoms with E-state index in [2.05, 4.69) is 42.1 Å². The number of amides is 3. The third-order valence-electron chi connectivity index (χ3n) is 4.63. The van der Waals surface area contributed by atoms with Gasteiger partial charge < -0.3 is 10.6 Å². The Labute approximate surface area is 197 Å². The van der Waals surface area contributed by atoms with E-state index < -0.39 is 12.1 Å². The summed E-state index contributed by atoms with van der Waals surface area (Å²) in [6.07, 6.45) is 0.706. The van der Waals surface area contributed by atoms with Crippen LogP contribution in [0.25, 0.3) is 10.6 Å². The van der Waals surface area contributed by atoms with E-state index in [0.717, 1.165) is 10.0 Å². The molecule has 10 heteroatoms. The predicted octanol–water partition coefficient (Wildman–Crippen LogP) is 5.80. The zero-order valence-electron chi connectivity index (χ0n) is 16.9. The topological polar surface area (TPSA) is 96.0 Å². The largest absolute Gasteiger partial charge is 0.326 e. The fourth-order valence-corrected chi connectivity index (χ4v) is 4.08. The Bertz CT molecular complexity index is 1080. The molecular formula is C21H21BrClN5O2S. The molecule has 0 saturated heterocycles. The van der Waals surface area contributed by atoms with Gasteiger partial charge in [0.25, 0.3) is 0 Å². The fraction of sp³-hybridized carbons (Fsp3) is 0.238. The zero-order valence-corrected chi connectivity index (χ0v) is 20.0. The van der Waals surface area contributed by atoms with Gasteiger partial charge in [-0.3, -0.25) is 10.1 Å². The van der Waals surface area contributed by atoms with Crippen molar-refractivity contribution in [1.29, 1.82) is 0 Å². The molecule has 0 unspecified atom stereocenters. The van der Waals surface area contributed by atoms with Crippen LogP contribution >= 0.6 is 38.9 Å². The van der Waals surface area contributed by atoms with Crippen LogP contribution in [-0.2, 0) is 4.79 Å². The van der Waals surface area contributed by atoms with E-state index in [1.807, 2.05) is 44.2 Å². The van der Waals surface area contributed by atoms with Gasteiger partial charge in [-0.15, -0.1) is 10.2 Å². The van der Waals surface area contributed by atoms with Crippen molar-refractivity contribution in [2.45, 2.75) is 26.3 Å². The van der Waals surface area contributed by atoms with Gasteiger partial charge in [0.15, 0.2) is 0 Å². The summed E-state index contributed by atoms with van der Waals surface area (Å²) in [6.45, 7) is 3.86. The van der Waals surface area contributed by atoms with Gasteiger partial charge in [0, 0.05) is 15.1 Å².